The van der Waals surface area contributed by atoms with Gasteiger partial charge in [-0.25, -0.2) is 13.4 Å². The van der Waals surface area contributed by atoms with E-state index in [0.29, 0.717) is 41.4 Å². The zero-order valence-corrected chi connectivity index (χ0v) is 21.7. The van der Waals surface area contributed by atoms with E-state index in [9.17, 15) is 22.7 Å². The predicted octanol–water partition coefficient (Wildman–Crippen LogP) is 4.93. The molecule has 2 aromatic heterocycles. The fourth-order valence-electron chi connectivity index (χ4n) is 4.11. The molecule has 4 aromatic rings. The second-order valence-corrected chi connectivity index (χ2v) is 11.2. The maximum absolute atomic E-state index is 13.6. The topological polar surface area (TPSA) is 102 Å². The van der Waals surface area contributed by atoms with Crippen molar-refractivity contribution in [2.45, 2.75) is 49.9 Å². The third kappa shape index (κ3) is 5.61. The third-order valence-electron chi connectivity index (χ3n) is 6.11. The van der Waals surface area contributed by atoms with Crippen molar-refractivity contribution in [3.63, 3.8) is 0 Å². The molecule has 0 aliphatic rings. The first-order valence-electron chi connectivity index (χ1n) is 11.9. The average molecular weight is 522 g/mol. The Hall–Kier alpha value is -3.85. The summed E-state index contributed by atoms with van der Waals surface area (Å²) in [4.78, 5) is 20.6. The summed E-state index contributed by atoms with van der Waals surface area (Å²) in [5.41, 5.74) is 1.72. The molecular weight excluding hydrogens is 493 g/mol. The number of hydrogen-bond acceptors (Lipinski definition) is 6. The van der Waals surface area contributed by atoms with Gasteiger partial charge in [0, 0.05) is 17.7 Å². The summed E-state index contributed by atoms with van der Waals surface area (Å²) < 4.78 is 41.8. The predicted molar refractivity (Wildman–Crippen MR) is 139 cm³/mol. The maximum Gasteiger partial charge on any atom is 0.277 e. The first-order valence-corrected chi connectivity index (χ1v) is 13.4. The van der Waals surface area contributed by atoms with E-state index < -0.39 is 32.1 Å². The second-order valence-electron chi connectivity index (χ2n) is 9.28. The van der Waals surface area contributed by atoms with Crippen LogP contribution in [0.25, 0.3) is 11.1 Å². The fraction of sp³-hybridized carbons (Fsp3) is 0.250. The SMILES string of the molecule is Cc1nc(F)ccc1-c1ccc(S(=O)(=O)c2c(O)nc(CCC(C)C)n(Cc3ccccc3)c2=O)cc1. The molecule has 0 amide bonds. The molecule has 0 bridgehead atoms. The molecule has 0 aliphatic heterocycles. The summed E-state index contributed by atoms with van der Waals surface area (Å²) in [7, 11) is -4.40. The minimum Gasteiger partial charge on any atom is -0.492 e. The van der Waals surface area contributed by atoms with Crippen LogP contribution in [0.4, 0.5) is 4.39 Å². The molecule has 1 N–H and O–H groups in total. The molecule has 192 valence electrons. The van der Waals surface area contributed by atoms with Crippen molar-refractivity contribution in [3.05, 3.63) is 100 Å². The number of aromatic nitrogens is 3. The van der Waals surface area contributed by atoms with Crippen LogP contribution in [0.15, 0.2) is 81.3 Å². The minimum absolute atomic E-state index is 0.124. The van der Waals surface area contributed by atoms with Gasteiger partial charge in [-0.05, 0) is 54.7 Å². The lowest BCUT2D eigenvalue weighted by Gasteiger charge is -2.16. The molecule has 0 fully saturated rings. The number of aromatic hydroxyl groups is 1. The third-order valence-corrected chi connectivity index (χ3v) is 7.90. The van der Waals surface area contributed by atoms with Gasteiger partial charge < -0.3 is 5.11 Å². The number of hydrogen-bond donors (Lipinski definition) is 1. The highest BCUT2D eigenvalue weighted by Gasteiger charge is 2.29. The first kappa shape index (κ1) is 26.2. The normalized spacial score (nSPS) is 11.7. The quantitative estimate of drug-likeness (QED) is 0.330. The van der Waals surface area contributed by atoms with Crippen molar-refractivity contribution in [2.75, 3.05) is 0 Å². The summed E-state index contributed by atoms with van der Waals surface area (Å²) in [6.07, 6.45) is 1.12. The number of aryl methyl sites for hydroxylation is 2. The van der Waals surface area contributed by atoms with E-state index in [0.717, 1.165) is 5.56 Å². The van der Waals surface area contributed by atoms with Crippen molar-refractivity contribution in [2.24, 2.45) is 5.92 Å². The summed E-state index contributed by atoms with van der Waals surface area (Å²) in [6.45, 7) is 5.85. The summed E-state index contributed by atoms with van der Waals surface area (Å²) in [6, 6.07) is 17.8. The van der Waals surface area contributed by atoms with Crippen molar-refractivity contribution < 1.29 is 17.9 Å². The van der Waals surface area contributed by atoms with Crippen molar-refractivity contribution in [1.82, 2.24) is 14.5 Å². The molecule has 0 aliphatic carbocycles. The van der Waals surface area contributed by atoms with Gasteiger partial charge in [0.05, 0.1) is 11.4 Å². The molecule has 0 unspecified atom stereocenters. The van der Waals surface area contributed by atoms with Crippen molar-refractivity contribution >= 4 is 9.84 Å². The minimum atomic E-state index is -4.40. The monoisotopic (exact) mass is 521 g/mol. The fourth-order valence-corrected chi connectivity index (χ4v) is 5.46. The molecule has 9 heteroatoms. The van der Waals surface area contributed by atoms with Gasteiger partial charge in [0.2, 0.25) is 21.7 Å². The number of pyridine rings is 1. The van der Waals surface area contributed by atoms with Crippen LogP contribution in [0, 0.1) is 18.8 Å². The molecular formula is C28H28FN3O4S. The van der Waals surface area contributed by atoms with E-state index >= 15 is 0 Å². The maximum atomic E-state index is 13.6. The Labute approximate surface area is 215 Å². The highest BCUT2D eigenvalue weighted by Crippen LogP contribution is 2.28. The van der Waals surface area contributed by atoms with Gasteiger partial charge in [-0.2, -0.15) is 9.37 Å². The molecule has 0 atom stereocenters. The number of nitrogens with zero attached hydrogens (tertiary/aromatic N) is 3. The van der Waals surface area contributed by atoms with Gasteiger partial charge in [-0.15, -0.1) is 0 Å². The van der Waals surface area contributed by atoms with E-state index in [2.05, 4.69) is 9.97 Å². The lowest BCUT2D eigenvalue weighted by molar-refractivity contribution is 0.417. The Morgan fingerprint density at radius 1 is 0.973 bits per heavy atom. The van der Waals surface area contributed by atoms with Gasteiger partial charge in [0.15, 0.2) is 4.90 Å². The lowest BCUT2D eigenvalue weighted by Crippen LogP contribution is -2.30. The van der Waals surface area contributed by atoms with Gasteiger partial charge in [0.1, 0.15) is 5.82 Å². The summed E-state index contributed by atoms with van der Waals surface area (Å²) in [5, 5.41) is 10.7. The van der Waals surface area contributed by atoms with Gasteiger partial charge in [-0.3, -0.25) is 9.36 Å². The molecule has 7 nitrogen and oxygen atoms in total. The Morgan fingerprint density at radius 2 is 1.65 bits per heavy atom. The molecule has 4 rings (SSSR count). The lowest BCUT2D eigenvalue weighted by atomic mass is 10.1. The number of benzene rings is 2. The Kier molecular flexibility index (Phi) is 7.54. The molecule has 2 aromatic carbocycles. The van der Waals surface area contributed by atoms with Crippen LogP contribution in [-0.4, -0.2) is 28.1 Å². The van der Waals surface area contributed by atoms with Crippen LogP contribution in [-0.2, 0) is 22.8 Å². The van der Waals surface area contributed by atoms with E-state index in [-0.39, 0.29) is 11.4 Å². The number of rotatable bonds is 8. The van der Waals surface area contributed by atoms with Gasteiger partial charge in [-0.1, -0.05) is 56.3 Å². The zero-order valence-electron chi connectivity index (χ0n) is 20.8. The molecule has 0 saturated heterocycles. The molecule has 37 heavy (non-hydrogen) atoms. The van der Waals surface area contributed by atoms with E-state index in [4.69, 9.17) is 0 Å². The Morgan fingerprint density at radius 3 is 2.27 bits per heavy atom. The van der Waals surface area contributed by atoms with Gasteiger partial charge >= 0.3 is 0 Å². The summed E-state index contributed by atoms with van der Waals surface area (Å²) in [5.74, 6) is -0.762. The number of halogens is 1. The largest absolute Gasteiger partial charge is 0.492 e. The van der Waals surface area contributed by atoms with Crippen molar-refractivity contribution in [1.29, 1.82) is 0 Å². The Balaban J connectivity index is 1.79. The standard InChI is InChI=1S/C28H28FN3O4S/c1-18(2)9-16-25-31-27(33)26(28(34)32(25)17-20-7-5-4-6-8-20)37(35,36)22-12-10-21(11-13-22)23-14-15-24(29)30-19(23)3/h4-8,10-15,18,33H,9,16-17H2,1-3H3. The van der Waals surface area contributed by atoms with E-state index in [1.54, 1.807) is 25.1 Å². The van der Waals surface area contributed by atoms with Crippen molar-refractivity contribution in [3.8, 4) is 17.0 Å². The summed E-state index contributed by atoms with van der Waals surface area (Å²) >= 11 is 0. The first-order chi connectivity index (χ1) is 17.6. The molecule has 0 saturated carbocycles. The zero-order chi connectivity index (χ0) is 26.7. The van der Waals surface area contributed by atoms with E-state index in [1.807, 2.05) is 44.2 Å². The van der Waals surface area contributed by atoms with E-state index in [1.165, 1.54) is 22.8 Å². The van der Waals surface area contributed by atoms with Crippen LogP contribution >= 0.6 is 0 Å². The van der Waals surface area contributed by atoms with Crippen LogP contribution < -0.4 is 5.56 Å². The van der Waals surface area contributed by atoms with Crippen LogP contribution in [0.5, 0.6) is 5.88 Å². The average Bonchev–Trinajstić information content (AvgIpc) is 2.85. The second kappa shape index (κ2) is 10.6. The smallest absolute Gasteiger partial charge is 0.277 e. The Bertz CT molecular complexity index is 1580. The van der Waals surface area contributed by atoms with Crippen LogP contribution in [0.3, 0.4) is 0 Å². The van der Waals surface area contributed by atoms with Crippen LogP contribution in [0.2, 0.25) is 0 Å². The molecule has 0 spiro atoms. The molecule has 0 radical (unpaired) electrons. The van der Waals surface area contributed by atoms with Crippen LogP contribution in [0.1, 0.15) is 37.4 Å². The number of sulfone groups is 1. The molecule has 2 heterocycles. The highest BCUT2D eigenvalue weighted by atomic mass is 32.2. The highest BCUT2D eigenvalue weighted by molar-refractivity contribution is 7.91. The van der Waals surface area contributed by atoms with Gasteiger partial charge in [0.25, 0.3) is 5.56 Å².